The zero-order chi connectivity index (χ0) is 33.6. The van der Waals surface area contributed by atoms with Crippen LogP contribution in [0.15, 0.2) is 146 Å². The number of rotatable bonds is 4. The van der Waals surface area contributed by atoms with Crippen LogP contribution < -0.4 is 0 Å². The van der Waals surface area contributed by atoms with Crippen molar-refractivity contribution in [3.63, 3.8) is 0 Å². The lowest BCUT2D eigenvalue weighted by atomic mass is 10.2. The molecule has 8 nitrogen and oxygen atoms in total. The summed E-state index contributed by atoms with van der Waals surface area (Å²) in [6.07, 6.45) is 7.49. The Bertz CT molecular complexity index is 1990. The molecule has 240 valence electrons. The van der Waals surface area contributed by atoms with Gasteiger partial charge in [-0.25, -0.2) is 0 Å². The Balaban J connectivity index is 0.000000125. The second-order valence-electron chi connectivity index (χ2n) is 10.1. The third-order valence-electron chi connectivity index (χ3n) is 6.72. The molecule has 0 aliphatic heterocycles. The first-order valence-electron chi connectivity index (χ1n) is 14.8. The van der Waals surface area contributed by atoms with E-state index < -0.39 is 0 Å². The van der Waals surface area contributed by atoms with E-state index in [1.54, 1.807) is 0 Å². The highest BCUT2D eigenvalue weighted by molar-refractivity contribution is 7.71. The van der Waals surface area contributed by atoms with Gasteiger partial charge in [-0.3, -0.25) is 0 Å². The summed E-state index contributed by atoms with van der Waals surface area (Å²) in [4.78, 5) is 23.9. The first kappa shape index (κ1) is 33.9. The van der Waals surface area contributed by atoms with Crippen molar-refractivity contribution in [3.8, 4) is 45.0 Å². The molecule has 0 spiro atoms. The van der Waals surface area contributed by atoms with Gasteiger partial charge in [0.25, 0.3) is 0 Å². The molecule has 8 N–H and O–H groups in total. The molecule has 48 heavy (non-hydrogen) atoms. The SMILES string of the molecule is S=c1[nH]cc(-c2ccccc2)[nH]1.S=c1[nH]cc(-c2ccccc2)[nH]1.S=c1[nH]cc(-c2ccccc2)[nH]1.S=c1[nH]cc(-c2ccccc2)[nH]1. The van der Waals surface area contributed by atoms with Gasteiger partial charge in [0.1, 0.15) is 0 Å². The molecule has 8 aromatic rings. The van der Waals surface area contributed by atoms with E-state index in [9.17, 15) is 0 Å². The second kappa shape index (κ2) is 17.5. The highest BCUT2D eigenvalue weighted by atomic mass is 32.1. The highest BCUT2D eigenvalue weighted by Gasteiger charge is 1.98. The van der Waals surface area contributed by atoms with Crippen molar-refractivity contribution in [2.75, 3.05) is 0 Å². The van der Waals surface area contributed by atoms with Crippen LogP contribution >= 0.6 is 48.9 Å². The first-order chi connectivity index (χ1) is 23.4. The van der Waals surface area contributed by atoms with E-state index in [-0.39, 0.29) is 0 Å². The van der Waals surface area contributed by atoms with Crippen molar-refractivity contribution >= 4 is 48.9 Å². The number of aromatic nitrogens is 8. The molecule has 4 aromatic carbocycles. The summed E-state index contributed by atoms with van der Waals surface area (Å²) in [7, 11) is 0. The van der Waals surface area contributed by atoms with Crippen LogP contribution in [0.25, 0.3) is 45.0 Å². The Morgan fingerprint density at radius 3 is 0.604 bits per heavy atom. The quantitative estimate of drug-likeness (QED) is 0.0868. The van der Waals surface area contributed by atoms with E-state index in [1.165, 1.54) is 0 Å². The third kappa shape index (κ3) is 10.3. The van der Waals surface area contributed by atoms with Crippen LogP contribution in [0.2, 0.25) is 0 Å². The standard InChI is InChI=1S/4C9H8N2S/c4*12-9-10-6-8(11-9)7-4-2-1-3-5-7/h4*1-6H,(H2,10,11,12). The summed E-state index contributed by atoms with van der Waals surface area (Å²) in [5, 5.41) is 0. The molecule has 0 saturated heterocycles. The average molecular weight is 705 g/mol. The number of hydrogen-bond donors (Lipinski definition) is 8. The molecule has 0 aliphatic carbocycles. The summed E-state index contributed by atoms with van der Waals surface area (Å²) in [5.74, 6) is 0. The van der Waals surface area contributed by atoms with Gasteiger partial charge < -0.3 is 39.9 Å². The molecule has 8 rings (SSSR count). The highest BCUT2D eigenvalue weighted by Crippen LogP contribution is 2.17. The zero-order valence-electron chi connectivity index (χ0n) is 25.5. The third-order valence-corrected chi connectivity index (χ3v) is 7.60. The minimum atomic E-state index is 0.661. The lowest BCUT2D eigenvalue weighted by molar-refractivity contribution is 1.27. The monoisotopic (exact) mass is 704 g/mol. The minimum absolute atomic E-state index is 0.661. The van der Waals surface area contributed by atoms with Gasteiger partial charge >= 0.3 is 0 Å². The molecule has 12 heteroatoms. The Hall–Kier alpha value is -5.40. The van der Waals surface area contributed by atoms with Crippen molar-refractivity contribution in [2.24, 2.45) is 0 Å². The van der Waals surface area contributed by atoms with E-state index in [0.29, 0.717) is 19.1 Å². The number of H-pyrrole nitrogens is 8. The van der Waals surface area contributed by atoms with E-state index >= 15 is 0 Å². The molecule has 0 radical (unpaired) electrons. The van der Waals surface area contributed by atoms with Gasteiger partial charge in [-0.15, -0.1) is 0 Å². The summed E-state index contributed by atoms with van der Waals surface area (Å²) >= 11 is 19.7. The van der Waals surface area contributed by atoms with Gasteiger partial charge in [-0.1, -0.05) is 121 Å². The van der Waals surface area contributed by atoms with Crippen molar-refractivity contribution in [1.29, 1.82) is 0 Å². The Morgan fingerprint density at radius 1 is 0.271 bits per heavy atom. The minimum Gasteiger partial charge on any atom is -0.337 e. The molecule has 0 aliphatic rings. The maximum atomic E-state index is 4.92. The number of benzene rings is 4. The normalized spacial score (nSPS) is 10.0. The van der Waals surface area contributed by atoms with E-state index in [4.69, 9.17) is 48.9 Å². The molecule has 4 aromatic heterocycles. The van der Waals surface area contributed by atoms with Crippen LogP contribution in [0, 0.1) is 19.1 Å². The lowest BCUT2D eigenvalue weighted by Crippen LogP contribution is -1.74. The maximum Gasteiger partial charge on any atom is 0.174 e. The van der Waals surface area contributed by atoms with E-state index in [2.05, 4.69) is 39.9 Å². The van der Waals surface area contributed by atoms with Gasteiger partial charge in [-0.2, -0.15) is 0 Å². The van der Waals surface area contributed by atoms with Crippen LogP contribution in [0.5, 0.6) is 0 Å². The van der Waals surface area contributed by atoms with Gasteiger partial charge in [-0.05, 0) is 71.1 Å². The number of imidazole rings is 4. The smallest absolute Gasteiger partial charge is 0.174 e. The first-order valence-corrected chi connectivity index (χ1v) is 16.4. The maximum absolute atomic E-state index is 4.92. The second-order valence-corrected chi connectivity index (χ2v) is 11.7. The van der Waals surface area contributed by atoms with Gasteiger partial charge in [0, 0.05) is 24.8 Å². The molecule has 0 saturated carbocycles. The molecule has 0 unspecified atom stereocenters. The van der Waals surface area contributed by atoms with Crippen LogP contribution in [-0.2, 0) is 0 Å². The largest absolute Gasteiger partial charge is 0.337 e. The summed E-state index contributed by atoms with van der Waals surface area (Å²) < 4.78 is 2.64. The van der Waals surface area contributed by atoms with Crippen molar-refractivity contribution < 1.29 is 0 Å². The fourth-order valence-electron chi connectivity index (χ4n) is 4.42. The summed E-state index contributed by atoms with van der Waals surface area (Å²) in [6.45, 7) is 0. The molecular weight excluding hydrogens is 673 g/mol. The molecule has 0 amide bonds. The number of nitrogens with one attached hydrogen (secondary N) is 8. The topological polar surface area (TPSA) is 126 Å². The van der Waals surface area contributed by atoms with Gasteiger partial charge in [0.2, 0.25) is 0 Å². The van der Waals surface area contributed by atoms with Crippen LogP contribution in [0.1, 0.15) is 0 Å². The van der Waals surface area contributed by atoms with Crippen molar-refractivity contribution in [1.82, 2.24) is 39.9 Å². The molecular formula is C36H32N8S4. The molecule has 0 atom stereocenters. The van der Waals surface area contributed by atoms with Crippen molar-refractivity contribution in [3.05, 3.63) is 165 Å². The predicted molar refractivity (Wildman–Crippen MR) is 206 cm³/mol. The van der Waals surface area contributed by atoms with Crippen LogP contribution in [-0.4, -0.2) is 39.9 Å². The van der Waals surface area contributed by atoms with Gasteiger partial charge in [0.15, 0.2) is 19.1 Å². The van der Waals surface area contributed by atoms with E-state index in [1.807, 2.05) is 146 Å². The fraction of sp³-hybridized carbons (Fsp3) is 0. The molecule has 4 heterocycles. The Labute approximate surface area is 297 Å². The van der Waals surface area contributed by atoms with Gasteiger partial charge in [0.05, 0.1) is 22.8 Å². The number of hydrogen-bond acceptors (Lipinski definition) is 4. The zero-order valence-corrected chi connectivity index (χ0v) is 28.8. The summed E-state index contributed by atoms with van der Waals surface area (Å²) in [5.41, 5.74) is 8.69. The number of aromatic amines is 8. The van der Waals surface area contributed by atoms with E-state index in [0.717, 1.165) is 45.0 Å². The average Bonchev–Trinajstić information content (AvgIpc) is 3.97. The Kier molecular flexibility index (Phi) is 12.4. The van der Waals surface area contributed by atoms with Crippen molar-refractivity contribution in [2.45, 2.75) is 0 Å². The Morgan fingerprint density at radius 2 is 0.458 bits per heavy atom. The van der Waals surface area contributed by atoms with Crippen LogP contribution in [0.3, 0.4) is 0 Å². The molecule has 0 fully saturated rings. The summed E-state index contributed by atoms with van der Waals surface area (Å²) in [6, 6.07) is 40.2. The van der Waals surface area contributed by atoms with Crippen LogP contribution in [0.4, 0.5) is 0 Å². The molecule has 0 bridgehead atoms. The predicted octanol–water partition coefficient (Wildman–Crippen LogP) is 11.0. The lowest BCUT2D eigenvalue weighted by Gasteiger charge is -1.93. The fourth-order valence-corrected chi connectivity index (χ4v) is 5.10.